The molecule has 3 aliphatic heterocycles. The van der Waals surface area contributed by atoms with Crippen molar-refractivity contribution in [3.63, 3.8) is 0 Å². The van der Waals surface area contributed by atoms with E-state index in [-0.39, 0.29) is 30.6 Å². The van der Waals surface area contributed by atoms with Crippen LogP contribution in [0.1, 0.15) is 29.6 Å². The Kier molecular flexibility index (Phi) is 4.10. The highest BCUT2D eigenvalue weighted by Crippen LogP contribution is 2.22. The first-order chi connectivity index (χ1) is 11.7. The Morgan fingerprint density at radius 1 is 1.29 bits per heavy atom. The molecule has 4 rings (SSSR count). The maximum Gasteiger partial charge on any atom is 0.254 e. The number of aromatic nitrogens is 1. The minimum Gasteiger partial charge on any atom is -0.366 e. The lowest BCUT2D eigenvalue weighted by molar-refractivity contribution is -0.139. The molecule has 128 valence electrons. The Morgan fingerprint density at radius 2 is 2.12 bits per heavy atom. The molecular formula is C17H22N4O3. The SMILES string of the molecule is O=C1CO[C@H]2CCN(C(=O)c3ccnc(N4CCCC4)c3)C[C@@H]2N1. The summed E-state index contributed by atoms with van der Waals surface area (Å²) in [5.74, 6) is 0.768. The number of ether oxygens (including phenoxy) is 1. The predicted molar refractivity (Wildman–Crippen MR) is 87.9 cm³/mol. The average molecular weight is 330 g/mol. The number of carbonyl (C=O) groups is 2. The minimum atomic E-state index is -0.108. The van der Waals surface area contributed by atoms with E-state index in [0.717, 1.165) is 25.3 Å². The van der Waals surface area contributed by atoms with Gasteiger partial charge in [0.05, 0.1) is 12.1 Å². The first-order valence-corrected chi connectivity index (χ1v) is 8.62. The van der Waals surface area contributed by atoms with Gasteiger partial charge in [-0.3, -0.25) is 9.59 Å². The van der Waals surface area contributed by atoms with E-state index in [4.69, 9.17) is 4.74 Å². The highest BCUT2D eigenvalue weighted by molar-refractivity contribution is 5.95. The van der Waals surface area contributed by atoms with Crippen LogP contribution >= 0.6 is 0 Å². The zero-order chi connectivity index (χ0) is 16.5. The topological polar surface area (TPSA) is 74.8 Å². The van der Waals surface area contributed by atoms with Gasteiger partial charge in [0.15, 0.2) is 0 Å². The summed E-state index contributed by atoms with van der Waals surface area (Å²) in [7, 11) is 0. The third-order valence-electron chi connectivity index (χ3n) is 5.03. The molecule has 7 heteroatoms. The molecule has 2 atom stereocenters. The van der Waals surface area contributed by atoms with Gasteiger partial charge < -0.3 is 19.9 Å². The summed E-state index contributed by atoms with van der Waals surface area (Å²) < 4.78 is 5.55. The molecule has 7 nitrogen and oxygen atoms in total. The number of carbonyl (C=O) groups excluding carboxylic acids is 2. The second kappa shape index (κ2) is 6.39. The Morgan fingerprint density at radius 3 is 2.96 bits per heavy atom. The molecule has 24 heavy (non-hydrogen) atoms. The van der Waals surface area contributed by atoms with Gasteiger partial charge in [0.25, 0.3) is 5.91 Å². The Balaban J connectivity index is 1.47. The molecular weight excluding hydrogens is 308 g/mol. The summed E-state index contributed by atoms with van der Waals surface area (Å²) in [5, 5.41) is 2.93. The first-order valence-electron chi connectivity index (χ1n) is 8.62. The summed E-state index contributed by atoms with van der Waals surface area (Å²) in [6, 6.07) is 3.54. The van der Waals surface area contributed by atoms with E-state index in [9.17, 15) is 9.59 Å². The predicted octanol–water partition coefficient (Wildman–Crippen LogP) is 0.411. The van der Waals surface area contributed by atoms with Crippen LogP contribution in [0.5, 0.6) is 0 Å². The van der Waals surface area contributed by atoms with Gasteiger partial charge in [0.1, 0.15) is 12.4 Å². The highest BCUT2D eigenvalue weighted by Gasteiger charge is 2.36. The van der Waals surface area contributed by atoms with E-state index in [1.54, 1.807) is 17.2 Å². The molecule has 1 N–H and O–H groups in total. The van der Waals surface area contributed by atoms with Crippen LogP contribution in [0.15, 0.2) is 18.3 Å². The van der Waals surface area contributed by atoms with E-state index in [2.05, 4.69) is 15.2 Å². The molecule has 0 aromatic carbocycles. The van der Waals surface area contributed by atoms with Crippen LogP contribution in [0.2, 0.25) is 0 Å². The summed E-state index contributed by atoms with van der Waals surface area (Å²) in [4.78, 5) is 32.8. The largest absolute Gasteiger partial charge is 0.366 e. The van der Waals surface area contributed by atoms with Crippen molar-refractivity contribution in [2.45, 2.75) is 31.4 Å². The van der Waals surface area contributed by atoms with Crippen LogP contribution in [-0.2, 0) is 9.53 Å². The van der Waals surface area contributed by atoms with Crippen molar-refractivity contribution in [3.05, 3.63) is 23.9 Å². The lowest BCUT2D eigenvalue weighted by atomic mass is 10.00. The number of fused-ring (bicyclic) bond motifs is 1. The van der Waals surface area contributed by atoms with E-state index in [1.165, 1.54) is 12.8 Å². The van der Waals surface area contributed by atoms with E-state index < -0.39 is 0 Å². The molecule has 4 heterocycles. The van der Waals surface area contributed by atoms with Gasteiger partial charge in [-0.1, -0.05) is 0 Å². The second-order valence-corrected chi connectivity index (χ2v) is 6.66. The van der Waals surface area contributed by atoms with Crippen molar-refractivity contribution in [1.29, 1.82) is 0 Å². The lowest BCUT2D eigenvalue weighted by Crippen LogP contribution is -2.61. The van der Waals surface area contributed by atoms with Crippen molar-refractivity contribution in [2.24, 2.45) is 0 Å². The fraction of sp³-hybridized carbons (Fsp3) is 0.588. The van der Waals surface area contributed by atoms with Crippen molar-refractivity contribution in [3.8, 4) is 0 Å². The number of likely N-dealkylation sites (tertiary alicyclic amines) is 1. The van der Waals surface area contributed by atoms with E-state index in [1.807, 2.05) is 6.07 Å². The number of nitrogens with one attached hydrogen (secondary N) is 1. The van der Waals surface area contributed by atoms with Crippen molar-refractivity contribution < 1.29 is 14.3 Å². The van der Waals surface area contributed by atoms with Crippen LogP contribution in [-0.4, -0.2) is 66.6 Å². The molecule has 3 aliphatic rings. The normalized spacial score (nSPS) is 26.9. The average Bonchev–Trinajstić information content (AvgIpc) is 3.15. The van der Waals surface area contributed by atoms with Gasteiger partial charge in [0, 0.05) is 37.9 Å². The number of rotatable bonds is 2. The Bertz CT molecular complexity index is 644. The number of morpholine rings is 1. The monoisotopic (exact) mass is 330 g/mol. The van der Waals surface area contributed by atoms with E-state index in [0.29, 0.717) is 18.7 Å². The van der Waals surface area contributed by atoms with Crippen molar-refractivity contribution in [1.82, 2.24) is 15.2 Å². The van der Waals surface area contributed by atoms with Gasteiger partial charge in [-0.2, -0.15) is 0 Å². The van der Waals surface area contributed by atoms with Gasteiger partial charge in [-0.05, 0) is 31.4 Å². The van der Waals surface area contributed by atoms with Crippen molar-refractivity contribution in [2.75, 3.05) is 37.7 Å². The molecule has 0 aliphatic carbocycles. The zero-order valence-corrected chi connectivity index (χ0v) is 13.6. The molecule has 1 aromatic heterocycles. The van der Waals surface area contributed by atoms with Crippen LogP contribution in [0, 0.1) is 0 Å². The summed E-state index contributed by atoms with van der Waals surface area (Å²) in [6.07, 6.45) is 4.83. The molecule has 2 amide bonds. The van der Waals surface area contributed by atoms with Gasteiger partial charge in [-0.25, -0.2) is 4.98 Å². The quantitative estimate of drug-likeness (QED) is 0.850. The molecule has 3 saturated heterocycles. The molecule has 0 spiro atoms. The molecule has 1 aromatic rings. The maximum absolute atomic E-state index is 12.8. The van der Waals surface area contributed by atoms with Crippen molar-refractivity contribution >= 4 is 17.6 Å². The molecule has 0 unspecified atom stereocenters. The fourth-order valence-electron chi connectivity index (χ4n) is 3.74. The number of pyridine rings is 1. The number of hydrogen-bond donors (Lipinski definition) is 1. The maximum atomic E-state index is 12.8. The number of anilines is 1. The standard InChI is InChI=1S/C17H22N4O3/c22-16-11-24-14-4-8-21(10-13(14)19-16)17(23)12-3-5-18-15(9-12)20-6-1-2-7-20/h3,5,9,13-14H,1-2,4,6-8,10-11H2,(H,19,22)/t13-,14-/m0/s1. The Hall–Kier alpha value is -2.15. The zero-order valence-electron chi connectivity index (χ0n) is 13.6. The van der Waals surface area contributed by atoms with Crippen LogP contribution in [0.4, 0.5) is 5.82 Å². The number of nitrogens with zero attached hydrogens (tertiary/aromatic N) is 3. The minimum absolute atomic E-state index is 0.00359. The number of amides is 2. The smallest absolute Gasteiger partial charge is 0.254 e. The highest BCUT2D eigenvalue weighted by atomic mass is 16.5. The second-order valence-electron chi connectivity index (χ2n) is 6.66. The molecule has 0 radical (unpaired) electrons. The van der Waals surface area contributed by atoms with Crippen LogP contribution in [0.25, 0.3) is 0 Å². The summed E-state index contributed by atoms with van der Waals surface area (Å²) >= 11 is 0. The number of piperidine rings is 1. The summed E-state index contributed by atoms with van der Waals surface area (Å²) in [5.41, 5.74) is 0.661. The number of hydrogen-bond acceptors (Lipinski definition) is 5. The third kappa shape index (κ3) is 2.96. The molecule has 3 fully saturated rings. The molecule has 0 bridgehead atoms. The van der Waals surface area contributed by atoms with Crippen LogP contribution in [0.3, 0.4) is 0 Å². The van der Waals surface area contributed by atoms with Gasteiger partial charge in [0.2, 0.25) is 5.91 Å². The fourth-order valence-corrected chi connectivity index (χ4v) is 3.74. The summed E-state index contributed by atoms with van der Waals surface area (Å²) in [6.45, 7) is 3.27. The first kappa shape index (κ1) is 15.4. The van der Waals surface area contributed by atoms with E-state index >= 15 is 0 Å². The third-order valence-corrected chi connectivity index (χ3v) is 5.03. The van der Waals surface area contributed by atoms with Gasteiger partial charge in [-0.15, -0.1) is 0 Å². The lowest BCUT2D eigenvalue weighted by Gasteiger charge is -2.41. The molecule has 0 saturated carbocycles. The van der Waals surface area contributed by atoms with Gasteiger partial charge >= 0.3 is 0 Å². The Labute approximate surface area is 141 Å². The van der Waals surface area contributed by atoms with Crippen LogP contribution < -0.4 is 10.2 Å².